The summed E-state index contributed by atoms with van der Waals surface area (Å²) in [6.45, 7) is 4.61. The standard InChI is InChI=1S/C16H20ClNO3/c1-3-16(15(20)21)7-4-8-18(10-16)14(19)12-6-5-11(2)13(17)9-12/h5-6,9H,3-4,7-8,10H2,1-2H3,(H,20,21). The first kappa shape index (κ1) is 15.8. The van der Waals surface area contributed by atoms with E-state index in [2.05, 4.69) is 0 Å². The maximum Gasteiger partial charge on any atom is 0.311 e. The SMILES string of the molecule is CCC1(C(=O)O)CCCN(C(=O)c2ccc(C)c(Cl)c2)C1. The van der Waals surface area contributed by atoms with E-state index in [0.717, 1.165) is 5.56 Å². The molecule has 1 heterocycles. The molecule has 1 aromatic carbocycles. The maximum absolute atomic E-state index is 12.6. The lowest BCUT2D eigenvalue weighted by molar-refractivity contribution is -0.152. The average molecular weight is 310 g/mol. The van der Waals surface area contributed by atoms with Crippen molar-refractivity contribution >= 4 is 23.5 Å². The molecule has 4 nitrogen and oxygen atoms in total. The molecule has 0 aromatic heterocycles. The van der Waals surface area contributed by atoms with E-state index in [-0.39, 0.29) is 12.5 Å². The van der Waals surface area contributed by atoms with Gasteiger partial charge in [-0.3, -0.25) is 9.59 Å². The second kappa shape index (κ2) is 6.06. The van der Waals surface area contributed by atoms with E-state index in [0.29, 0.717) is 36.4 Å². The molecule has 0 spiro atoms. The fraction of sp³-hybridized carbons (Fsp3) is 0.500. The van der Waals surface area contributed by atoms with E-state index in [4.69, 9.17) is 11.6 Å². The van der Waals surface area contributed by atoms with Crippen LogP contribution in [0.2, 0.25) is 5.02 Å². The Balaban J connectivity index is 2.22. The predicted molar refractivity (Wildman–Crippen MR) is 81.7 cm³/mol. The molecule has 21 heavy (non-hydrogen) atoms. The Kier molecular flexibility index (Phi) is 4.57. The Morgan fingerprint density at radius 3 is 2.71 bits per heavy atom. The fourth-order valence-electron chi connectivity index (χ4n) is 2.83. The van der Waals surface area contributed by atoms with Gasteiger partial charge in [-0.1, -0.05) is 24.6 Å². The summed E-state index contributed by atoms with van der Waals surface area (Å²) in [5.74, 6) is -0.958. The molecule has 1 aliphatic heterocycles. The molecule has 0 bridgehead atoms. The van der Waals surface area contributed by atoms with Gasteiger partial charge < -0.3 is 10.0 Å². The summed E-state index contributed by atoms with van der Waals surface area (Å²) in [5, 5.41) is 10.0. The zero-order chi connectivity index (χ0) is 15.6. The highest BCUT2D eigenvalue weighted by Crippen LogP contribution is 2.34. The van der Waals surface area contributed by atoms with Crippen molar-refractivity contribution in [3.8, 4) is 0 Å². The van der Waals surface area contributed by atoms with Gasteiger partial charge in [0.15, 0.2) is 0 Å². The first-order valence-electron chi connectivity index (χ1n) is 7.18. The van der Waals surface area contributed by atoms with Crippen LogP contribution >= 0.6 is 11.6 Å². The lowest BCUT2D eigenvalue weighted by Crippen LogP contribution is -2.49. The second-order valence-electron chi connectivity index (χ2n) is 5.73. The number of likely N-dealkylation sites (tertiary alicyclic amines) is 1. The van der Waals surface area contributed by atoms with Crippen LogP contribution in [0.15, 0.2) is 18.2 Å². The lowest BCUT2D eigenvalue weighted by atomic mass is 9.77. The molecule has 1 unspecified atom stereocenters. The topological polar surface area (TPSA) is 57.6 Å². The quantitative estimate of drug-likeness (QED) is 0.931. The molecular weight excluding hydrogens is 290 g/mol. The Morgan fingerprint density at radius 2 is 2.14 bits per heavy atom. The van der Waals surface area contributed by atoms with Gasteiger partial charge in [0.1, 0.15) is 0 Å². The van der Waals surface area contributed by atoms with Crippen LogP contribution in [-0.2, 0) is 4.79 Å². The van der Waals surface area contributed by atoms with Gasteiger partial charge in [-0.25, -0.2) is 0 Å². The smallest absolute Gasteiger partial charge is 0.311 e. The van der Waals surface area contributed by atoms with Gasteiger partial charge in [-0.05, 0) is 43.9 Å². The molecule has 114 valence electrons. The van der Waals surface area contributed by atoms with Crippen molar-refractivity contribution in [2.24, 2.45) is 5.41 Å². The number of hydrogen-bond donors (Lipinski definition) is 1. The number of amides is 1. The zero-order valence-electron chi connectivity index (χ0n) is 12.4. The highest BCUT2D eigenvalue weighted by Gasteiger charge is 2.42. The number of rotatable bonds is 3. The summed E-state index contributed by atoms with van der Waals surface area (Å²) in [6.07, 6.45) is 1.86. The van der Waals surface area contributed by atoms with Gasteiger partial charge in [0, 0.05) is 23.7 Å². The van der Waals surface area contributed by atoms with Crippen LogP contribution in [0.25, 0.3) is 0 Å². The third-order valence-electron chi connectivity index (χ3n) is 4.41. The summed E-state index contributed by atoms with van der Waals surface area (Å²) < 4.78 is 0. The molecule has 1 fully saturated rings. The van der Waals surface area contributed by atoms with Crippen LogP contribution < -0.4 is 0 Å². The second-order valence-corrected chi connectivity index (χ2v) is 6.14. The molecule has 1 saturated heterocycles. The van der Waals surface area contributed by atoms with Gasteiger partial charge in [0.05, 0.1) is 5.41 Å². The van der Waals surface area contributed by atoms with Crippen molar-refractivity contribution < 1.29 is 14.7 Å². The van der Waals surface area contributed by atoms with Crippen molar-refractivity contribution in [2.75, 3.05) is 13.1 Å². The highest BCUT2D eigenvalue weighted by atomic mass is 35.5. The van der Waals surface area contributed by atoms with Crippen molar-refractivity contribution in [1.82, 2.24) is 4.90 Å². The van der Waals surface area contributed by atoms with Gasteiger partial charge in [0.2, 0.25) is 0 Å². The number of benzene rings is 1. The Hall–Kier alpha value is -1.55. The first-order valence-corrected chi connectivity index (χ1v) is 7.56. The molecule has 1 aliphatic rings. The maximum atomic E-state index is 12.6. The van der Waals surface area contributed by atoms with Crippen LogP contribution in [0.1, 0.15) is 42.1 Å². The Morgan fingerprint density at radius 1 is 1.43 bits per heavy atom. The van der Waals surface area contributed by atoms with Crippen LogP contribution in [-0.4, -0.2) is 35.0 Å². The summed E-state index contributed by atoms with van der Waals surface area (Å²) in [6, 6.07) is 5.21. The van der Waals surface area contributed by atoms with E-state index in [9.17, 15) is 14.7 Å². The normalized spacial score (nSPS) is 22.1. The number of aliphatic carboxylic acids is 1. The largest absolute Gasteiger partial charge is 0.481 e. The molecule has 1 atom stereocenters. The van der Waals surface area contributed by atoms with E-state index < -0.39 is 11.4 Å². The number of nitrogens with zero attached hydrogens (tertiary/aromatic N) is 1. The molecule has 5 heteroatoms. The van der Waals surface area contributed by atoms with Crippen molar-refractivity contribution in [3.63, 3.8) is 0 Å². The minimum absolute atomic E-state index is 0.143. The van der Waals surface area contributed by atoms with Gasteiger partial charge in [-0.15, -0.1) is 0 Å². The molecule has 0 radical (unpaired) electrons. The molecular formula is C16H20ClNO3. The lowest BCUT2D eigenvalue weighted by Gasteiger charge is -2.39. The van der Waals surface area contributed by atoms with E-state index >= 15 is 0 Å². The molecule has 0 saturated carbocycles. The number of aryl methyl sites for hydroxylation is 1. The average Bonchev–Trinajstić information content (AvgIpc) is 2.49. The van der Waals surface area contributed by atoms with E-state index in [1.165, 1.54) is 0 Å². The van der Waals surface area contributed by atoms with Crippen molar-refractivity contribution in [3.05, 3.63) is 34.3 Å². The number of carboxylic acids is 1. The number of hydrogen-bond acceptors (Lipinski definition) is 2. The van der Waals surface area contributed by atoms with Gasteiger partial charge in [-0.2, -0.15) is 0 Å². The Labute approximate surface area is 129 Å². The zero-order valence-corrected chi connectivity index (χ0v) is 13.1. The van der Waals surface area contributed by atoms with Crippen molar-refractivity contribution in [2.45, 2.75) is 33.1 Å². The van der Waals surface area contributed by atoms with Gasteiger partial charge >= 0.3 is 5.97 Å². The molecule has 1 N–H and O–H groups in total. The highest BCUT2D eigenvalue weighted by molar-refractivity contribution is 6.31. The third kappa shape index (κ3) is 3.05. The number of carbonyl (C=O) groups excluding carboxylic acids is 1. The van der Waals surface area contributed by atoms with Gasteiger partial charge in [0.25, 0.3) is 5.91 Å². The molecule has 1 aromatic rings. The summed E-state index contributed by atoms with van der Waals surface area (Å²) in [5.41, 5.74) is 0.616. The molecule has 1 amide bonds. The monoisotopic (exact) mass is 309 g/mol. The molecule has 2 rings (SSSR count). The third-order valence-corrected chi connectivity index (χ3v) is 4.82. The van der Waals surface area contributed by atoms with Crippen molar-refractivity contribution in [1.29, 1.82) is 0 Å². The summed E-state index contributed by atoms with van der Waals surface area (Å²) in [7, 11) is 0. The number of halogens is 1. The van der Waals surface area contributed by atoms with Crippen LogP contribution in [0.5, 0.6) is 0 Å². The summed E-state index contributed by atoms with van der Waals surface area (Å²) in [4.78, 5) is 25.8. The predicted octanol–water partition coefficient (Wildman–Crippen LogP) is 3.37. The van der Waals surface area contributed by atoms with E-state index in [1.54, 1.807) is 17.0 Å². The number of piperidine rings is 1. The molecule has 0 aliphatic carbocycles. The van der Waals surface area contributed by atoms with Crippen LogP contribution in [0, 0.1) is 12.3 Å². The number of carbonyl (C=O) groups is 2. The Bertz CT molecular complexity index is 573. The first-order chi connectivity index (χ1) is 9.89. The fourth-order valence-corrected chi connectivity index (χ4v) is 3.01. The van der Waals surface area contributed by atoms with E-state index in [1.807, 2.05) is 19.9 Å². The minimum atomic E-state index is -0.817. The van der Waals surface area contributed by atoms with Crippen LogP contribution in [0.4, 0.5) is 0 Å². The summed E-state index contributed by atoms with van der Waals surface area (Å²) >= 11 is 6.07. The van der Waals surface area contributed by atoms with Crippen LogP contribution in [0.3, 0.4) is 0 Å². The minimum Gasteiger partial charge on any atom is -0.481 e. The number of carboxylic acid groups (broad SMARTS) is 1.